The summed E-state index contributed by atoms with van der Waals surface area (Å²) in [6.45, 7) is 0.397. The zero-order valence-corrected chi connectivity index (χ0v) is 15.7. The molecule has 0 spiro atoms. The predicted molar refractivity (Wildman–Crippen MR) is 94.0 cm³/mol. The van der Waals surface area contributed by atoms with Crippen LogP contribution in [0.4, 0.5) is 8.78 Å². The number of nitrogens with one attached hydrogen (secondary N) is 1. The average molecular weight is 429 g/mol. The minimum Gasteiger partial charge on any atom is -0.356 e. The summed E-state index contributed by atoms with van der Waals surface area (Å²) in [5, 5.41) is 2.67. The van der Waals surface area contributed by atoms with Gasteiger partial charge in [-0.3, -0.25) is 19.3 Å². The summed E-state index contributed by atoms with van der Waals surface area (Å²) in [6, 6.07) is 4.91. The van der Waals surface area contributed by atoms with Crippen LogP contribution in [0, 0.1) is 5.92 Å². The second-order valence-corrected chi connectivity index (χ2v) is 7.74. The molecule has 5 nitrogen and oxygen atoms in total. The van der Waals surface area contributed by atoms with Gasteiger partial charge in [0.2, 0.25) is 11.8 Å². The Morgan fingerprint density at radius 2 is 2.00 bits per heavy atom. The molecule has 8 heteroatoms. The van der Waals surface area contributed by atoms with Gasteiger partial charge in [0.25, 0.3) is 11.8 Å². The molecular formula is C18H19BrF2N2O3. The molecule has 0 bridgehead atoms. The number of benzene rings is 1. The summed E-state index contributed by atoms with van der Waals surface area (Å²) in [6.07, 6.45) is 0.582. The molecule has 3 amide bonds. The van der Waals surface area contributed by atoms with Gasteiger partial charge >= 0.3 is 0 Å². The van der Waals surface area contributed by atoms with Gasteiger partial charge in [0.15, 0.2) is 0 Å². The number of fused-ring (bicyclic) bond motifs is 1. The highest BCUT2D eigenvalue weighted by Gasteiger charge is 2.39. The molecule has 0 saturated heterocycles. The minimum absolute atomic E-state index is 0.122. The molecule has 1 aromatic carbocycles. The first kappa shape index (κ1) is 18.9. The van der Waals surface area contributed by atoms with E-state index in [2.05, 4.69) is 21.2 Å². The van der Waals surface area contributed by atoms with Crippen molar-refractivity contribution in [1.82, 2.24) is 10.2 Å². The molecule has 3 rings (SSSR count). The van der Waals surface area contributed by atoms with Gasteiger partial charge in [-0.1, -0.05) is 15.9 Å². The molecule has 0 radical (unpaired) electrons. The molecule has 1 atom stereocenters. The van der Waals surface area contributed by atoms with Crippen LogP contribution in [0.25, 0.3) is 0 Å². The quantitative estimate of drug-likeness (QED) is 0.706. The Bertz CT molecular complexity index is 754. The fraction of sp³-hybridized carbons (Fsp3) is 0.500. The standard InChI is InChI=1S/C18H19BrF2N2O3/c19-12-3-4-13-14(8-12)17(26)23(16(13)25)7-1-2-15(24)22-10-11-5-6-18(20,21)9-11/h3-4,8,11H,1-2,5-7,9-10H2,(H,22,24)/t11-/m1/s1. The summed E-state index contributed by atoms with van der Waals surface area (Å²) in [5.74, 6) is -3.77. The zero-order chi connectivity index (χ0) is 18.9. The van der Waals surface area contributed by atoms with E-state index in [1.807, 2.05) is 0 Å². The molecule has 1 aromatic rings. The Morgan fingerprint density at radius 1 is 1.27 bits per heavy atom. The van der Waals surface area contributed by atoms with E-state index in [1.54, 1.807) is 18.2 Å². The van der Waals surface area contributed by atoms with Crippen molar-refractivity contribution < 1.29 is 23.2 Å². The molecule has 0 unspecified atom stereocenters. The van der Waals surface area contributed by atoms with Gasteiger partial charge in [0.1, 0.15) is 0 Å². The van der Waals surface area contributed by atoms with E-state index in [-0.39, 0.29) is 56.0 Å². The zero-order valence-electron chi connectivity index (χ0n) is 14.1. The third-order valence-electron chi connectivity index (χ3n) is 4.81. The van der Waals surface area contributed by atoms with Gasteiger partial charge in [0.05, 0.1) is 11.1 Å². The molecule has 26 heavy (non-hydrogen) atoms. The maximum absolute atomic E-state index is 13.1. The van der Waals surface area contributed by atoms with Crippen molar-refractivity contribution in [3.05, 3.63) is 33.8 Å². The fourth-order valence-electron chi connectivity index (χ4n) is 3.43. The summed E-state index contributed by atoms with van der Waals surface area (Å²) < 4.78 is 27.0. The van der Waals surface area contributed by atoms with Crippen molar-refractivity contribution in [2.75, 3.05) is 13.1 Å². The van der Waals surface area contributed by atoms with Crippen LogP contribution >= 0.6 is 15.9 Å². The highest BCUT2D eigenvalue weighted by atomic mass is 79.9. The van der Waals surface area contributed by atoms with E-state index >= 15 is 0 Å². The Morgan fingerprint density at radius 3 is 2.69 bits per heavy atom. The smallest absolute Gasteiger partial charge is 0.261 e. The second-order valence-electron chi connectivity index (χ2n) is 6.82. The number of hydrogen-bond acceptors (Lipinski definition) is 3. The van der Waals surface area contributed by atoms with Crippen molar-refractivity contribution in [3.8, 4) is 0 Å². The van der Waals surface area contributed by atoms with Crippen LogP contribution in [0.3, 0.4) is 0 Å². The van der Waals surface area contributed by atoms with Gasteiger partial charge in [0, 0.05) is 36.8 Å². The number of alkyl halides is 2. The Kier molecular flexibility index (Phi) is 5.41. The summed E-state index contributed by atoms with van der Waals surface area (Å²) in [4.78, 5) is 37.6. The maximum Gasteiger partial charge on any atom is 0.261 e. The van der Waals surface area contributed by atoms with Crippen molar-refractivity contribution in [2.45, 2.75) is 38.0 Å². The Balaban J connectivity index is 1.43. The molecule has 1 saturated carbocycles. The number of nitrogens with zero attached hydrogens (tertiary/aromatic N) is 1. The molecule has 0 aromatic heterocycles. The van der Waals surface area contributed by atoms with Gasteiger partial charge in [-0.05, 0) is 37.0 Å². The van der Waals surface area contributed by atoms with Crippen LogP contribution < -0.4 is 5.32 Å². The first-order valence-corrected chi connectivity index (χ1v) is 9.36. The highest BCUT2D eigenvalue weighted by Crippen LogP contribution is 2.38. The summed E-state index contributed by atoms with van der Waals surface area (Å²) >= 11 is 3.27. The van der Waals surface area contributed by atoms with E-state index in [0.717, 1.165) is 9.37 Å². The van der Waals surface area contributed by atoms with Crippen LogP contribution in [0.1, 0.15) is 52.8 Å². The van der Waals surface area contributed by atoms with Crippen molar-refractivity contribution in [1.29, 1.82) is 0 Å². The molecule has 1 aliphatic carbocycles. The van der Waals surface area contributed by atoms with Crippen molar-refractivity contribution in [2.24, 2.45) is 5.92 Å². The van der Waals surface area contributed by atoms with E-state index in [4.69, 9.17) is 0 Å². The van der Waals surface area contributed by atoms with Crippen LogP contribution in [0.5, 0.6) is 0 Å². The number of carbonyl (C=O) groups excluding carboxylic acids is 3. The Hall–Kier alpha value is -1.83. The summed E-state index contributed by atoms with van der Waals surface area (Å²) in [7, 11) is 0. The van der Waals surface area contributed by atoms with E-state index in [9.17, 15) is 23.2 Å². The van der Waals surface area contributed by atoms with Gasteiger partial charge in [-0.25, -0.2) is 8.78 Å². The monoisotopic (exact) mass is 428 g/mol. The number of imide groups is 1. The van der Waals surface area contributed by atoms with Crippen LogP contribution in [-0.2, 0) is 4.79 Å². The molecule has 1 aliphatic heterocycles. The predicted octanol–water partition coefficient (Wildman–Crippen LogP) is 3.38. The third-order valence-corrected chi connectivity index (χ3v) is 5.31. The van der Waals surface area contributed by atoms with E-state index in [0.29, 0.717) is 24.0 Å². The molecular weight excluding hydrogens is 410 g/mol. The van der Waals surface area contributed by atoms with Crippen molar-refractivity contribution in [3.63, 3.8) is 0 Å². The molecule has 1 heterocycles. The number of rotatable bonds is 6. The average Bonchev–Trinajstić information content (AvgIpc) is 3.04. The second kappa shape index (κ2) is 7.42. The molecule has 1 fully saturated rings. The van der Waals surface area contributed by atoms with Gasteiger partial charge in [-0.2, -0.15) is 0 Å². The molecule has 140 valence electrons. The topological polar surface area (TPSA) is 66.5 Å². The first-order valence-electron chi connectivity index (χ1n) is 8.57. The number of carbonyl (C=O) groups is 3. The summed E-state index contributed by atoms with van der Waals surface area (Å²) in [5.41, 5.74) is 0.723. The van der Waals surface area contributed by atoms with Crippen LogP contribution in [0.2, 0.25) is 0 Å². The SMILES string of the molecule is O=C(CCCN1C(=O)c2ccc(Br)cc2C1=O)NC[C@@H]1CCC(F)(F)C1. The lowest BCUT2D eigenvalue weighted by Gasteiger charge is -2.14. The number of amides is 3. The van der Waals surface area contributed by atoms with Crippen LogP contribution in [0.15, 0.2) is 22.7 Å². The highest BCUT2D eigenvalue weighted by molar-refractivity contribution is 9.10. The largest absolute Gasteiger partial charge is 0.356 e. The first-order chi connectivity index (χ1) is 12.3. The third kappa shape index (κ3) is 4.11. The Labute approximate surface area is 158 Å². The number of hydrogen-bond donors (Lipinski definition) is 1. The lowest BCUT2D eigenvalue weighted by atomic mass is 10.1. The normalized spacial score (nSPS) is 21.2. The fourth-order valence-corrected chi connectivity index (χ4v) is 3.79. The maximum atomic E-state index is 13.1. The molecule has 1 N–H and O–H groups in total. The lowest BCUT2D eigenvalue weighted by molar-refractivity contribution is -0.121. The number of halogens is 3. The lowest BCUT2D eigenvalue weighted by Crippen LogP contribution is -2.33. The van der Waals surface area contributed by atoms with Crippen LogP contribution in [-0.4, -0.2) is 41.6 Å². The van der Waals surface area contributed by atoms with Gasteiger partial charge in [-0.15, -0.1) is 0 Å². The minimum atomic E-state index is -2.62. The van der Waals surface area contributed by atoms with Crippen molar-refractivity contribution >= 4 is 33.7 Å². The van der Waals surface area contributed by atoms with E-state index in [1.165, 1.54) is 0 Å². The van der Waals surface area contributed by atoms with Gasteiger partial charge < -0.3 is 5.32 Å². The molecule has 2 aliphatic rings. The van der Waals surface area contributed by atoms with E-state index < -0.39 is 5.92 Å².